The number of hydrogen-bond acceptors (Lipinski definition) is 3. The van der Waals surface area contributed by atoms with E-state index in [0.29, 0.717) is 0 Å². The first kappa shape index (κ1) is 12.5. The SMILES string of the molecule is C=C(C(=O)OC)C(N=[N+]=[N-])C(C)CC. The second-order valence-corrected chi connectivity index (χ2v) is 3.05. The van der Waals surface area contributed by atoms with Crippen molar-refractivity contribution in [2.24, 2.45) is 11.0 Å². The Morgan fingerprint density at radius 1 is 1.71 bits per heavy atom. The third-order valence-corrected chi connectivity index (χ3v) is 2.16. The molecule has 0 amide bonds. The van der Waals surface area contributed by atoms with E-state index in [9.17, 15) is 4.79 Å². The van der Waals surface area contributed by atoms with Crippen molar-refractivity contribution in [1.82, 2.24) is 0 Å². The van der Waals surface area contributed by atoms with E-state index in [1.807, 2.05) is 13.8 Å². The van der Waals surface area contributed by atoms with E-state index < -0.39 is 12.0 Å². The van der Waals surface area contributed by atoms with Gasteiger partial charge >= 0.3 is 5.97 Å². The molecule has 0 heterocycles. The van der Waals surface area contributed by atoms with Gasteiger partial charge in [0.15, 0.2) is 0 Å². The highest BCUT2D eigenvalue weighted by molar-refractivity contribution is 5.89. The highest BCUT2D eigenvalue weighted by Crippen LogP contribution is 2.19. The molecule has 0 aromatic heterocycles. The zero-order valence-electron chi connectivity index (χ0n) is 8.73. The van der Waals surface area contributed by atoms with Crippen molar-refractivity contribution in [3.63, 3.8) is 0 Å². The largest absolute Gasteiger partial charge is 0.466 e. The summed E-state index contributed by atoms with van der Waals surface area (Å²) in [4.78, 5) is 13.8. The maximum atomic E-state index is 11.1. The van der Waals surface area contributed by atoms with E-state index in [2.05, 4.69) is 21.3 Å². The quantitative estimate of drug-likeness (QED) is 0.223. The standard InChI is InChI=1S/C9H15N3O2/c1-5-6(2)8(11-12-10)7(3)9(13)14-4/h6,8H,3,5H2,1-2,4H3. The van der Waals surface area contributed by atoms with Crippen LogP contribution in [0.15, 0.2) is 17.3 Å². The molecule has 0 aliphatic rings. The minimum atomic E-state index is -0.525. The summed E-state index contributed by atoms with van der Waals surface area (Å²) in [6.45, 7) is 7.42. The van der Waals surface area contributed by atoms with E-state index in [1.54, 1.807) is 0 Å². The van der Waals surface area contributed by atoms with E-state index in [4.69, 9.17) is 5.53 Å². The third-order valence-electron chi connectivity index (χ3n) is 2.16. The van der Waals surface area contributed by atoms with Crippen molar-refractivity contribution in [1.29, 1.82) is 0 Å². The number of rotatable bonds is 5. The van der Waals surface area contributed by atoms with Crippen LogP contribution in [0.2, 0.25) is 0 Å². The lowest BCUT2D eigenvalue weighted by Crippen LogP contribution is -2.22. The molecular formula is C9H15N3O2. The molecule has 0 fully saturated rings. The molecule has 5 heteroatoms. The Bertz CT molecular complexity index is 269. The van der Waals surface area contributed by atoms with E-state index in [1.165, 1.54) is 7.11 Å². The monoisotopic (exact) mass is 197 g/mol. The van der Waals surface area contributed by atoms with Crippen LogP contribution in [0.1, 0.15) is 20.3 Å². The predicted octanol–water partition coefficient (Wildman–Crippen LogP) is 2.44. The molecule has 0 saturated carbocycles. The van der Waals surface area contributed by atoms with Gasteiger partial charge in [0.1, 0.15) is 0 Å². The highest BCUT2D eigenvalue weighted by Gasteiger charge is 2.22. The Hall–Kier alpha value is -1.48. The minimum absolute atomic E-state index is 0.0810. The first-order valence-electron chi connectivity index (χ1n) is 4.39. The first-order chi connectivity index (χ1) is 6.58. The van der Waals surface area contributed by atoms with E-state index in [0.717, 1.165) is 6.42 Å². The fourth-order valence-corrected chi connectivity index (χ4v) is 1.06. The molecule has 0 aliphatic heterocycles. The molecule has 0 saturated heterocycles. The molecule has 0 aromatic rings. The summed E-state index contributed by atoms with van der Waals surface area (Å²) in [5.74, 6) is -0.444. The fraction of sp³-hybridized carbons (Fsp3) is 0.667. The Morgan fingerprint density at radius 3 is 2.64 bits per heavy atom. The molecule has 5 nitrogen and oxygen atoms in total. The van der Waals surface area contributed by atoms with Gasteiger partial charge in [0.2, 0.25) is 0 Å². The van der Waals surface area contributed by atoms with Crippen molar-refractivity contribution in [2.45, 2.75) is 26.3 Å². The van der Waals surface area contributed by atoms with Crippen LogP contribution < -0.4 is 0 Å². The highest BCUT2D eigenvalue weighted by atomic mass is 16.5. The second-order valence-electron chi connectivity index (χ2n) is 3.05. The lowest BCUT2D eigenvalue weighted by molar-refractivity contribution is -0.136. The van der Waals surface area contributed by atoms with Gasteiger partial charge in [-0.3, -0.25) is 0 Å². The van der Waals surface area contributed by atoms with Crippen molar-refractivity contribution in [2.75, 3.05) is 7.11 Å². The predicted molar refractivity (Wildman–Crippen MR) is 53.5 cm³/mol. The first-order valence-corrected chi connectivity index (χ1v) is 4.39. The van der Waals surface area contributed by atoms with Gasteiger partial charge in [-0.05, 0) is 11.4 Å². The summed E-state index contributed by atoms with van der Waals surface area (Å²) < 4.78 is 4.51. The van der Waals surface area contributed by atoms with Gasteiger partial charge in [-0.25, -0.2) is 4.79 Å². The van der Waals surface area contributed by atoms with Gasteiger partial charge in [0, 0.05) is 10.5 Å². The van der Waals surface area contributed by atoms with Crippen LogP contribution >= 0.6 is 0 Å². The average Bonchev–Trinajstić information content (AvgIpc) is 2.22. The van der Waals surface area contributed by atoms with Crippen molar-refractivity contribution in [3.8, 4) is 0 Å². The number of carbonyl (C=O) groups excluding carboxylic acids is 1. The zero-order valence-corrected chi connectivity index (χ0v) is 8.73. The number of carbonyl (C=O) groups is 1. The number of nitrogens with zero attached hydrogens (tertiary/aromatic N) is 3. The normalized spacial score (nSPS) is 13.6. The summed E-state index contributed by atoms with van der Waals surface area (Å²) in [5.41, 5.74) is 8.56. The van der Waals surface area contributed by atoms with Crippen LogP contribution in [-0.2, 0) is 9.53 Å². The molecule has 0 N–H and O–H groups in total. The van der Waals surface area contributed by atoms with E-state index >= 15 is 0 Å². The summed E-state index contributed by atoms with van der Waals surface area (Å²) in [6.07, 6.45) is 0.805. The van der Waals surface area contributed by atoms with Gasteiger partial charge in [0.05, 0.1) is 13.2 Å². The zero-order chi connectivity index (χ0) is 11.1. The van der Waals surface area contributed by atoms with Crippen LogP contribution in [0.3, 0.4) is 0 Å². The Morgan fingerprint density at radius 2 is 2.29 bits per heavy atom. The van der Waals surface area contributed by atoms with Gasteiger partial charge in [-0.2, -0.15) is 0 Å². The van der Waals surface area contributed by atoms with Crippen molar-refractivity contribution >= 4 is 5.97 Å². The van der Waals surface area contributed by atoms with Gasteiger partial charge < -0.3 is 4.74 Å². The molecule has 0 bridgehead atoms. The number of azide groups is 1. The van der Waals surface area contributed by atoms with Crippen LogP contribution in [0, 0.1) is 5.92 Å². The number of esters is 1. The molecule has 0 radical (unpaired) electrons. The maximum absolute atomic E-state index is 11.1. The molecule has 2 unspecified atom stereocenters. The second kappa shape index (κ2) is 6.05. The van der Waals surface area contributed by atoms with Crippen molar-refractivity contribution < 1.29 is 9.53 Å². The molecule has 0 aliphatic carbocycles. The topological polar surface area (TPSA) is 75.1 Å². The molecular weight excluding hydrogens is 182 g/mol. The Kier molecular flexibility index (Phi) is 5.41. The summed E-state index contributed by atoms with van der Waals surface area (Å²) in [6, 6.07) is -0.516. The fourth-order valence-electron chi connectivity index (χ4n) is 1.06. The van der Waals surface area contributed by atoms with Crippen molar-refractivity contribution in [3.05, 3.63) is 22.6 Å². The molecule has 0 rings (SSSR count). The molecule has 2 atom stereocenters. The van der Waals surface area contributed by atoms with Crippen LogP contribution in [0.5, 0.6) is 0 Å². The molecule has 78 valence electrons. The van der Waals surface area contributed by atoms with Crippen LogP contribution in [0.25, 0.3) is 10.4 Å². The summed E-state index contributed by atoms with van der Waals surface area (Å²) in [7, 11) is 1.28. The average molecular weight is 197 g/mol. The van der Waals surface area contributed by atoms with Crippen LogP contribution in [-0.4, -0.2) is 19.1 Å². The summed E-state index contributed by atoms with van der Waals surface area (Å²) in [5, 5.41) is 3.54. The lowest BCUT2D eigenvalue weighted by Gasteiger charge is -2.18. The van der Waals surface area contributed by atoms with Gasteiger partial charge in [0.25, 0.3) is 0 Å². The Balaban J connectivity index is 4.73. The maximum Gasteiger partial charge on any atom is 0.333 e. The minimum Gasteiger partial charge on any atom is -0.466 e. The van der Waals surface area contributed by atoms with Crippen LogP contribution in [0.4, 0.5) is 0 Å². The number of hydrogen-bond donors (Lipinski definition) is 0. The number of methoxy groups -OCH3 is 1. The lowest BCUT2D eigenvalue weighted by atomic mass is 9.94. The van der Waals surface area contributed by atoms with Gasteiger partial charge in [-0.15, -0.1) is 0 Å². The summed E-state index contributed by atoms with van der Waals surface area (Å²) >= 11 is 0. The van der Waals surface area contributed by atoms with E-state index in [-0.39, 0.29) is 11.5 Å². The van der Waals surface area contributed by atoms with Gasteiger partial charge in [-0.1, -0.05) is 32.0 Å². The smallest absolute Gasteiger partial charge is 0.333 e. The number of ether oxygens (including phenoxy) is 1. The molecule has 0 spiro atoms. The molecule has 0 aromatic carbocycles. The third kappa shape index (κ3) is 3.11. The molecule has 14 heavy (non-hydrogen) atoms. The Labute approximate surface area is 83.4 Å².